The van der Waals surface area contributed by atoms with Crippen LogP contribution in [0.5, 0.6) is 0 Å². The number of anilines is 1. The van der Waals surface area contributed by atoms with Crippen molar-refractivity contribution in [3.8, 4) is 0 Å². The minimum atomic E-state index is -0.113. The molecule has 1 atom stereocenters. The summed E-state index contributed by atoms with van der Waals surface area (Å²) in [5.74, 6) is 0.558. The molecule has 1 saturated heterocycles. The highest BCUT2D eigenvalue weighted by Crippen LogP contribution is 2.44. The van der Waals surface area contributed by atoms with E-state index in [4.69, 9.17) is 23.2 Å². The third-order valence-corrected chi connectivity index (χ3v) is 5.34. The first kappa shape index (κ1) is 15.7. The summed E-state index contributed by atoms with van der Waals surface area (Å²) in [7, 11) is 0. The van der Waals surface area contributed by atoms with E-state index in [2.05, 4.69) is 6.07 Å². The van der Waals surface area contributed by atoms with Gasteiger partial charge in [0, 0.05) is 21.3 Å². The second kappa shape index (κ2) is 6.15. The highest BCUT2D eigenvalue weighted by molar-refractivity contribution is 8.00. The Morgan fingerprint density at radius 1 is 1.09 bits per heavy atom. The zero-order valence-corrected chi connectivity index (χ0v) is 14.6. The number of rotatable bonds is 2. The Morgan fingerprint density at radius 2 is 1.77 bits per heavy atom. The van der Waals surface area contributed by atoms with Crippen LogP contribution >= 0.6 is 35.0 Å². The van der Waals surface area contributed by atoms with Gasteiger partial charge in [0.2, 0.25) is 5.91 Å². The summed E-state index contributed by atoms with van der Waals surface area (Å²) in [6.45, 7) is 4.07. The van der Waals surface area contributed by atoms with Gasteiger partial charge in [0.05, 0.1) is 5.75 Å². The summed E-state index contributed by atoms with van der Waals surface area (Å²) in [6, 6.07) is 11.6. The van der Waals surface area contributed by atoms with Crippen LogP contribution < -0.4 is 4.90 Å². The molecule has 0 aromatic heterocycles. The van der Waals surface area contributed by atoms with Crippen molar-refractivity contribution in [3.63, 3.8) is 0 Å². The van der Waals surface area contributed by atoms with E-state index in [1.54, 1.807) is 17.8 Å². The van der Waals surface area contributed by atoms with Gasteiger partial charge in [0.15, 0.2) is 0 Å². The molecular formula is C17H15Cl2NOS. The largest absolute Gasteiger partial charge is 0.295 e. The molecule has 1 aliphatic rings. The molecule has 5 heteroatoms. The van der Waals surface area contributed by atoms with Crippen LogP contribution in [0.2, 0.25) is 10.0 Å². The molecule has 1 heterocycles. The zero-order chi connectivity index (χ0) is 15.9. The van der Waals surface area contributed by atoms with Gasteiger partial charge in [0.25, 0.3) is 0 Å². The van der Waals surface area contributed by atoms with Crippen LogP contribution in [0.15, 0.2) is 36.4 Å². The molecule has 0 saturated carbocycles. The molecule has 0 bridgehead atoms. The monoisotopic (exact) mass is 351 g/mol. The van der Waals surface area contributed by atoms with Crippen molar-refractivity contribution in [2.24, 2.45) is 0 Å². The summed E-state index contributed by atoms with van der Waals surface area (Å²) in [6.07, 6.45) is 0. The molecule has 0 N–H and O–H groups in total. The van der Waals surface area contributed by atoms with E-state index in [0.29, 0.717) is 15.8 Å². The molecule has 3 rings (SSSR count). The van der Waals surface area contributed by atoms with Crippen LogP contribution in [0.25, 0.3) is 0 Å². The minimum absolute atomic E-state index is 0.103. The number of hydrogen-bond acceptors (Lipinski definition) is 2. The Balaban J connectivity index is 2.05. The van der Waals surface area contributed by atoms with Gasteiger partial charge < -0.3 is 0 Å². The summed E-state index contributed by atoms with van der Waals surface area (Å²) < 4.78 is 0. The molecule has 2 aromatic rings. The van der Waals surface area contributed by atoms with E-state index in [-0.39, 0.29) is 11.3 Å². The Hall–Kier alpha value is -1.16. The first-order valence-corrected chi connectivity index (χ1v) is 8.73. The van der Waals surface area contributed by atoms with Crippen LogP contribution in [-0.4, -0.2) is 11.7 Å². The third kappa shape index (κ3) is 2.98. The van der Waals surface area contributed by atoms with Crippen LogP contribution in [0.1, 0.15) is 22.1 Å². The van der Waals surface area contributed by atoms with Gasteiger partial charge in [-0.1, -0.05) is 35.3 Å². The number of carbonyl (C=O) groups excluding carboxylic acids is 1. The van der Waals surface area contributed by atoms with Crippen molar-refractivity contribution >= 4 is 46.6 Å². The lowest BCUT2D eigenvalue weighted by molar-refractivity contribution is -0.115. The predicted octanol–water partition coefficient (Wildman–Crippen LogP) is 5.39. The maximum atomic E-state index is 12.4. The van der Waals surface area contributed by atoms with Gasteiger partial charge in [-0.25, -0.2) is 0 Å². The van der Waals surface area contributed by atoms with Crippen LogP contribution in [-0.2, 0) is 4.79 Å². The Labute approximate surface area is 144 Å². The lowest BCUT2D eigenvalue weighted by Crippen LogP contribution is -2.28. The molecule has 114 valence electrons. The Morgan fingerprint density at radius 3 is 2.41 bits per heavy atom. The lowest BCUT2D eigenvalue weighted by atomic mass is 10.1. The number of nitrogens with zero attached hydrogens (tertiary/aromatic N) is 1. The molecule has 1 fully saturated rings. The van der Waals surface area contributed by atoms with Crippen molar-refractivity contribution < 1.29 is 4.79 Å². The minimum Gasteiger partial charge on any atom is -0.295 e. The van der Waals surface area contributed by atoms with Gasteiger partial charge in [0.1, 0.15) is 5.37 Å². The average Bonchev–Trinajstić information content (AvgIpc) is 2.79. The predicted molar refractivity (Wildman–Crippen MR) is 95.1 cm³/mol. The molecule has 2 nitrogen and oxygen atoms in total. The number of thioether (sulfide) groups is 1. The number of hydrogen-bond donors (Lipinski definition) is 0. The summed E-state index contributed by atoms with van der Waals surface area (Å²) >= 11 is 13.9. The number of halogens is 2. The highest BCUT2D eigenvalue weighted by Gasteiger charge is 2.35. The number of aryl methyl sites for hydroxylation is 2. The van der Waals surface area contributed by atoms with Crippen molar-refractivity contribution in [1.82, 2.24) is 0 Å². The van der Waals surface area contributed by atoms with Crippen molar-refractivity contribution in [2.45, 2.75) is 19.2 Å². The van der Waals surface area contributed by atoms with Crippen molar-refractivity contribution in [3.05, 3.63) is 63.1 Å². The smallest absolute Gasteiger partial charge is 0.238 e. The Kier molecular flexibility index (Phi) is 4.40. The molecule has 1 unspecified atom stereocenters. The highest BCUT2D eigenvalue weighted by atomic mass is 35.5. The topological polar surface area (TPSA) is 20.3 Å². The third-order valence-electron chi connectivity index (χ3n) is 3.58. The van der Waals surface area contributed by atoms with Crippen LogP contribution in [0.4, 0.5) is 5.69 Å². The fourth-order valence-corrected chi connectivity index (χ4v) is 4.51. The lowest BCUT2D eigenvalue weighted by Gasteiger charge is -2.26. The number of amides is 1. The first-order chi connectivity index (χ1) is 10.5. The van der Waals surface area contributed by atoms with Gasteiger partial charge in [-0.15, -0.1) is 11.8 Å². The van der Waals surface area contributed by atoms with E-state index >= 15 is 0 Å². The second-order valence-electron chi connectivity index (χ2n) is 5.44. The SMILES string of the molecule is Cc1cc(C)cc(N2C(=O)CSC2c2ccc(Cl)cc2Cl)c1. The zero-order valence-electron chi connectivity index (χ0n) is 12.3. The van der Waals surface area contributed by atoms with E-state index in [9.17, 15) is 4.79 Å². The maximum Gasteiger partial charge on any atom is 0.238 e. The molecule has 1 amide bonds. The van der Waals surface area contributed by atoms with Gasteiger partial charge in [-0.05, 0) is 49.2 Å². The molecule has 0 radical (unpaired) electrons. The standard InChI is InChI=1S/C17H15Cl2NOS/c1-10-5-11(2)7-13(6-10)20-16(21)9-22-17(20)14-4-3-12(18)8-15(14)19/h3-8,17H,9H2,1-2H3. The number of benzene rings is 2. The maximum absolute atomic E-state index is 12.4. The average molecular weight is 352 g/mol. The fraction of sp³-hybridized carbons (Fsp3) is 0.235. The van der Waals surface area contributed by atoms with Gasteiger partial charge in [-0.3, -0.25) is 9.69 Å². The van der Waals surface area contributed by atoms with E-state index in [1.807, 2.05) is 43.0 Å². The van der Waals surface area contributed by atoms with Crippen LogP contribution in [0.3, 0.4) is 0 Å². The number of carbonyl (C=O) groups is 1. The molecule has 2 aromatic carbocycles. The van der Waals surface area contributed by atoms with Gasteiger partial charge in [-0.2, -0.15) is 0 Å². The molecular weight excluding hydrogens is 337 g/mol. The van der Waals surface area contributed by atoms with E-state index in [0.717, 1.165) is 22.4 Å². The summed E-state index contributed by atoms with van der Waals surface area (Å²) in [4.78, 5) is 14.2. The van der Waals surface area contributed by atoms with Crippen molar-refractivity contribution in [2.75, 3.05) is 10.7 Å². The molecule has 22 heavy (non-hydrogen) atoms. The molecule has 0 spiro atoms. The van der Waals surface area contributed by atoms with Crippen LogP contribution in [0, 0.1) is 13.8 Å². The molecule has 0 aliphatic carbocycles. The quantitative estimate of drug-likeness (QED) is 0.722. The van der Waals surface area contributed by atoms with Gasteiger partial charge >= 0.3 is 0 Å². The van der Waals surface area contributed by atoms with Crippen molar-refractivity contribution in [1.29, 1.82) is 0 Å². The summed E-state index contributed by atoms with van der Waals surface area (Å²) in [5, 5.41) is 1.08. The van der Waals surface area contributed by atoms with E-state index < -0.39 is 0 Å². The summed E-state index contributed by atoms with van der Waals surface area (Å²) in [5.41, 5.74) is 4.12. The normalized spacial score (nSPS) is 18.1. The Bertz CT molecular complexity index is 727. The second-order valence-corrected chi connectivity index (χ2v) is 7.35. The fourth-order valence-electron chi connectivity index (χ4n) is 2.72. The molecule has 1 aliphatic heterocycles. The first-order valence-electron chi connectivity index (χ1n) is 6.92. The van der Waals surface area contributed by atoms with E-state index in [1.165, 1.54) is 0 Å².